The van der Waals surface area contributed by atoms with Crippen molar-refractivity contribution in [3.8, 4) is 0 Å². The summed E-state index contributed by atoms with van der Waals surface area (Å²) in [4.78, 5) is 24.4. The van der Waals surface area contributed by atoms with Crippen LogP contribution < -0.4 is 10.6 Å². The van der Waals surface area contributed by atoms with Crippen LogP contribution in [0.15, 0.2) is 24.3 Å². The molecule has 8 nitrogen and oxygen atoms in total. The standard InChI is InChI=1S/C42H82NO7P/c1-3-5-7-9-11-13-15-17-19-20-22-24-26-28-30-32-34-37-47-41(40-50-51(45,46)49-38-36-43)39-48-42(44)35-33-31-29-27-25-23-21-18-16-14-12-10-8-6-4-2/h17-19,21,41H,3-16,20,22-40,43H2,1-2H3,(H,45,46)/b19-17-,21-18-/t41-/m1/s1. The summed E-state index contributed by atoms with van der Waals surface area (Å²) in [6.45, 7) is 4.99. The minimum Gasteiger partial charge on any atom is -0.756 e. The van der Waals surface area contributed by atoms with Crippen molar-refractivity contribution in [1.29, 1.82) is 0 Å². The Balaban J connectivity index is 4.04. The van der Waals surface area contributed by atoms with E-state index in [-0.39, 0.29) is 25.8 Å². The molecule has 0 aromatic carbocycles. The SMILES string of the molecule is CCCCCCCC/C=C\CCCCCCCCCO[C@H](COC(=O)CCCCCCC/C=C\CCCCCCCC)COP(=O)([O-])OCC[NH3+]. The summed E-state index contributed by atoms with van der Waals surface area (Å²) in [5.41, 5.74) is 3.59. The monoisotopic (exact) mass is 744 g/mol. The Morgan fingerprint density at radius 3 is 1.43 bits per heavy atom. The summed E-state index contributed by atoms with van der Waals surface area (Å²) < 4.78 is 33.2. The van der Waals surface area contributed by atoms with Gasteiger partial charge in [-0.2, -0.15) is 0 Å². The van der Waals surface area contributed by atoms with Gasteiger partial charge in [-0.15, -0.1) is 0 Å². The van der Waals surface area contributed by atoms with Gasteiger partial charge in [-0.1, -0.05) is 154 Å². The van der Waals surface area contributed by atoms with Crippen LogP contribution in [-0.2, 0) is 27.9 Å². The van der Waals surface area contributed by atoms with E-state index in [0.717, 1.165) is 44.9 Å². The van der Waals surface area contributed by atoms with Crippen molar-refractivity contribution < 1.29 is 38.5 Å². The Morgan fingerprint density at radius 2 is 0.980 bits per heavy atom. The fourth-order valence-corrected chi connectivity index (χ4v) is 6.68. The van der Waals surface area contributed by atoms with Crippen LogP contribution in [0.25, 0.3) is 0 Å². The number of carbonyl (C=O) groups is 1. The van der Waals surface area contributed by atoms with Gasteiger partial charge in [-0.05, 0) is 64.2 Å². The predicted octanol–water partition coefficient (Wildman–Crippen LogP) is 11.1. The average molecular weight is 744 g/mol. The lowest BCUT2D eigenvalue weighted by Gasteiger charge is -2.25. The Hall–Kier alpha value is -1.02. The molecule has 0 spiro atoms. The number of hydrogen-bond acceptors (Lipinski definition) is 7. The van der Waals surface area contributed by atoms with Crippen molar-refractivity contribution in [3.63, 3.8) is 0 Å². The highest BCUT2D eigenvalue weighted by Crippen LogP contribution is 2.38. The lowest BCUT2D eigenvalue weighted by molar-refractivity contribution is -0.373. The minimum absolute atomic E-state index is 0.0345. The minimum atomic E-state index is -4.45. The maximum absolute atomic E-state index is 12.4. The van der Waals surface area contributed by atoms with Crippen LogP contribution in [0.4, 0.5) is 0 Å². The third-order valence-electron chi connectivity index (χ3n) is 9.14. The summed E-state index contributed by atoms with van der Waals surface area (Å²) in [7, 11) is -4.45. The number of unbranched alkanes of at least 4 members (excludes halogenated alkanes) is 24. The normalized spacial score (nSPS) is 13.7. The summed E-state index contributed by atoms with van der Waals surface area (Å²) in [6.07, 6.45) is 43.4. The van der Waals surface area contributed by atoms with Crippen molar-refractivity contribution in [1.82, 2.24) is 0 Å². The number of esters is 1. The molecule has 0 rings (SSSR count). The second-order valence-electron chi connectivity index (χ2n) is 14.2. The van der Waals surface area contributed by atoms with Gasteiger partial charge in [0.25, 0.3) is 7.82 Å². The molecule has 0 heterocycles. The van der Waals surface area contributed by atoms with Crippen molar-refractivity contribution in [2.75, 3.05) is 33.0 Å². The van der Waals surface area contributed by atoms with Gasteiger partial charge in [0.05, 0.1) is 13.2 Å². The maximum atomic E-state index is 12.4. The van der Waals surface area contributed by atoms with E-state index in [4.69, 9.17) is 18.5 Å². The topological polar surface area (TPSA) is 122 Å². The van der Waals surface area contributed by atoms with Gasteiger partial charge in [0.1, 0.15) is 19.3 Å². The van der Waals surface area contributed by atoms with Crippen molar-refractivity contribution in [3.05, 3.63) is 24.3 Å². The summed E-state index contributed by atoms with van der Waals surface area (Å²) in [5.74, 6) is -0.284. The van der Waals surface area contributed by atoms with Crippen LogP contribution in [0.5, 0.6) is 0 Å². The zero-order valence-corrected chi connectivity index (χ0v) is 34.3. The quantitative estimate of drug-likeness (QED) is 0.0286. The van der Waals surface area contributed by atoms with Crippen LogP contribution in [0.2, 0.25) is 0 Å². The highest BCUT2D eigenvalue weighted by molar-refractivity contribution is 7.45. The molecule has 3 N–H and O–H groups in total. The Kier molecular flexibility index (Phi) is 39.4. The van der Waals surface area contributed by atoms with Crippen molar-refractivity contribution in [2.45, 2.75) is 206 Å². The van der Waals surface area contributed by atoms with Gasteiger partial charge in [0.2, 0.25) is 0 Å². The third kappa shape index (κ3) is 40.0. The Bertz CT molecular complexity index is 838. The highest BCUT2D eigenvalue weighted by atomic mass is 31.2. The van der Waals surface area contributed by atoms with E-state index in [1.165, 1.54) is 135 Å². The van der Waals surface area contributed by atoms with Crippen molar-refractivity contribution >= 4 is 13.8 Å². The fraction of sp³-hybridized carbons (Fsp3) is 0.881. The molecule has 0 aliphatic carbocycles. The largest absolute Gasteiger partial charge is 0.756 e. The van der Waals surface area contributed by atoms with E-state index in [0.29, 0.717) is 19.6 Å². The second-order valence-corrected chi connectivity index (χ2v) is 15.6. The number of ether oxygens (including phenoxy) is 2. The number of hydrogen-bond donors (Lipinski definition) is 1. The van der Waals surface area contributed by atoms with Gasteiger partial charge in [-0.3, -0.25) is 9.36 Å². The van der Waals surface area contributed by atoms with Crippen LogP contribution in [-0.4, -0.2) is 45.0 Å². The summed E-state index contributed by atoms with van der Waals surface area (Å²) >= 11 is 0. The van der Waals surface area contributed by atoms with E-state index < -0.39 is 13.9 Å². The zero-order valence-electron chi connectivity index (χ0n) is 33.4. The van der Waals surface area contributed by atoms with Crippen molar-refractivity contribution in [2.24, 2.45) is 0 Å². The van der Waals surface area contributed by atoms with E-state index in [9.17, 15) is 14.3 Å². The van der Waals surface area contributed by atoms with Crippen LogP contribution in [0, 0.1) is 0 Å². The smallest absolute Gasteiger partial charge is 0.305 e. The second kappa shape index (κ2) is 40.2. The lowest BCUT2D eigenvalue weighted by Crippen LogP contribution is -2.52. The molecule has 0 radical (unpaired) electrons. The van der Waals surface area contributed by atoms with E-state index in [1.54, 1.807) is 0 Å². The number of allylic oxidation sites excluding steroid dienone is 4. The number of quaternary nitrogens is 1. The number of rotatable bonds is 41. The zero-order chi connectivity index (χ0) is 37.4. The maximum Gasteiger partial charge on any atom is 0.305 e. The molecule has 1 unspecified atom stereocenters. The molecule has 0 amide bonds. The first-order valence-corrected chi connectivity index (χ1v) is 22.9. The number of phosphoric acid groups is 1. The Labute approximate surface area is 315 Å². The summed E-state index contributed by atoms with van der Waals surface area (Å²) in [5, 5.41) is 0. The molecule has 0 bridgehead atoms. The molecule has 0 aromatic heterocycles. The first-order valence-electron chi connectivity index (χ1n) is 21.4. The van der Waals surface area contributed by atoms with Crippen LogP contribution >= 0.6 is 7.82 Å². The van der Waals surface area contributed by atoms with Gasteiger partial charge in [0, 0.05) is 13.0 Å². The summed E-state index contributed by atoms with van der Waals surface area (Å²) in [6, 6.07) is 0. The first-order chi connectivity index (χ1) is 24.9. The van der Waals surface area contributed by atoms with Gasteiger partial charge in [-0.25, -0.2) is 0 Å². The van der Waals surface area contributed by atoms with Crippen LogP contribution in [0.3, 0.4) is 0 Å². The Morgan fingerprint density at radius 1 is 0.569 bits per heavy atom. The molecule has 0 saturated carbocycles. The third-order valence-corrected chi connectivity index (χ3v) is 10.1. The van der Waals surface area contributed by atoms with E-state index in [1.807, 2.05) is 0 Å². The molecular weight excluding hydrogens is 661 g/mol. The van der Waals surface area contributed by atoms with Gasteiger partial charge >= 0.3 is 5.97 Å². The van der Waals surface area contributed by atoms with Gasteiger partial charge in [0.15, 0.2) is 0 Å². The number of carbonyl (C=O) groups excluding carboxylic acids is 1. The van der Waals surface area contributed by atoms with Crippen LogP contribution in [0.1, 0.15) is 200 Å². The predicted molar refractivity (Wildman–Crippen MR) is 211 cm³/mol. The molecule has 9 heteroatoms. The molecule has 0 aromatic rings. The molecule has 51 heavy (non-hydrogen) atoms. The number of phosphoric ester groups is 1. The lowest BCUT2D eigenvalue weighted by atomic mass is 10.1. The molecule has 0 aliphatic rings. The van der Waals surface area contributed by atoms with E-state index >= 15 is 0 Å². The first kappa shape index (κ1) is 50.0. The van der Waals surface area contributed by atoms with Gasteiger partial charge < -0.3 is 29.1 Å². The average Bonchev–Trinajstić information content (AvgIpc) is 3.12. The fourth-order valence-electron chi connectivity index (χ4n) is 5.91. The molecule has 0 aliphatic heterocycles. The molecule has 0 saturated heterocycles. The van der Waals surface area contributed by atoms with E-state index in [2.05, 4.69) is 43.9 Å². The highest BCUT2D eigenvalue weighted by Gasteiger charge is 2.18. The molecule has 0 fully saturated rings. The molecular formula is C42H82NO7P. The molecule has 302 valence electrons. The molecule has 2 atom stereocenters.